The summed E-state index contributed by atoms with van der Waals surface area (Å²) in [4.78, 5) is 11.9. The minimum atomic E-state index is -0.896. The Morgan fingerprint density at radius 2 is 2.11 bits per heavy atom. The fourth-order valence-electron chi connectivity index (χ4n) is 1.82. The third kappa shape index (κ3) is 2.71. The van der Waals surface area contributed by atoms with E-state index in [0.717, 1.165) is 10.9 Å². The number of hydrogen-bond donors (Lipinski definition) is 2. The van der Waals surface area contributed by atoms with Crippen LogP contribution in [0.5, 0.6) is 0 Å². The van der Waals surface area contributed by atoms with Gasteiger partial charge in [0.1, 0.15) is 0 Å². The zero-order chi connectivity index (χ0) is 13.3. The van der Waals surface area contributed by atoms with Crippen LogP contribution in [0.1, 0.15) is 24.2 Å². The van der Waals surface area contributed by atoms with Gasteiger partial charge in [-0.2, -0.15) is 0 Å². The molecule has 0 atom stereocenters. The molecule has 0 unspecified atom stereocenters. The van der Waals surface area contributed by atoms with E-state index in [1.165, 1.54) is 0 Å². The third-order valence-corrected chi connectivity index (χ3v) is 2.83. The van der Waals surface area contributed by atoms with Gasteiger partial charge in [0.25, 0.3) is 5.91 Å². The molecule has 4 heteroatoms. The van der Waals surface area contributed by atoms with E-state index in [-0.39, 0.29) is 12.5 Å². The monoisotopic (exact) mass is 246 g/mol. The molecule has 0 saturated carbocycles. The minimum absolute atomic E-state index is 0.164. The lowest BCUT2D eigenvalue weighted by Gasteiger charge is -2.17. The molecule has 96 valence electrons. The van der Waals surface area contributed by atoms with Crippen LogP contribution in [0.4, 0.5) is 0 Å². The van der Waals surface area contributed by atoms with Crippen molar-refractivity contribution < 1.29 is 9.90 Å². The number of benzene rings is 1. The van der Waals surface area contributed by atoms with Crippen LogP contribution in [0.15, 0.2) is 30.5 Å². The Kier molecular flexibility index (Phi) is 3.13. The van der Waals surface area contributed by atoms with E-state index < -0.39 is 5.60 Å². The molecule has 0 spiro atoms. The number of carbonyl (C=O) groups excluding carboxylic acids is 1. The first kappa shape index (κ1) is 12.6. The molecule has 0 fully saturated rings. The zero-order valence-corrected chi connectivity index (χ0v) is 10.9. The first-order chi connectivity index (χ1) is 8.37. The van der Waals surface area contributed by atoms with E-state index in [0.29, 0.717) is 5.56 Å². The maximum absolute atomic E-state index is 11.9. The Morgan fingerprint density at radius 3 is 2.78 bits per heavy atom. The van der Waals surface area contributed by atoms with Crippen molar-refractivity contribution in [2.45, 2.75) is 19.4 Å². The van der Waals surface area contributed by atoms with E-state index in [4.69, 9.17) is 0 Å². The molecule has 0 aliphatic heterocycles. The molecule has 0 aliphatic carbocycles. The van der Waals surface area contributed by atoms with Crippen molar-refractivity contribution in [2.75, 3.05) is 6.54 Å². The van der Waals surface area contributed by atoms with Crippen LogP contribution >= 0.6 is 0 Å². The van der Waals surface area contributed by atoms with Crippen molar-refractivity contribution in [2.24, 2.45) is 7.05 Å². The Labute approximate surface area is 106 Å². The number of nitrogens with one attached hydrogen (secondary N) is 1. The quantitative estimate of drug-likeness (QED) is 0.865. The first-order valence-corrected chi connectivity index (χ1v) is 5.92. The fraction of sp³-hybridized carbons (Fsp3) is 0.357. The number of amides is 1. The molecule has 18 heavy (non-hydrogen) atoms. The highest BCUT2D eigenvalue weighted by molar-refractivity contribution is 5.98. The SMILES string of the molecule is Cn1ccc2cc(C(=O)NCC(C)(C)O)ccc21. The molecule has 0 saturated heterocycles. The zero-order valence-electron chi connectivity index (χ0n) is 10.9. The van der Waals surface area contributed by atoms with Gasteiger partial charge in [0.2, 0.25) is 0 Å². The van der Waals surface area contributed by atoms with Gasteiger partial charge in [0.05, 0.1) is 5.60 Å². The second-order valence-corrected chi connectivity index (χ2v) is 5.20. The Bertz CT molecular complexity index is 579. The van der Waals surface area contributed by atoms with Crippen molar-refractivity contribution in [3.63, 3.8) is 0 Å². The highest BCUT2D eigenvalue weighted by Gasteiger charge is 2.15. The van der Waals surface area contributed by atoms with Crippen LogP contribution in [-0.2, 0) is 7.05 Å². The molecule has 2 N–H and O–H groups in total. The molecule has 4 nitrogen and oxygen atoms in total. The number of aryl methyl sites for hydroxylation is 1. The average molecular weight is 246 g/mol. The number of nitrogens with zero attached hydrogens (tertiary/aromatic N) is 1. The second kappa shape index (κ2) is 4.46. The molecular formula is C14H18N2O2. The summed E-state index contributed by atoms with van der Waals surface area (Å²) in [6.45, 7) is 3.56. The summed E-state index contributed by atoms with van der Waals surface area (Å²) in [5, 5.41) is 13.3. The van der Waals surface area contributed by atoms with E-state index in [2.05, 4.69) is 5.32 Å². The lowest BCUT2D eigenvalue weighted by atomic mass is 10.1. The smallest absolute Gasteiger partial charge is 0.251 e. The summed E-state index contributed by atoms with van der Waals surface area (Å²) in [6, 6.07) is 7.55. The topological polar surface area (TPSA) is 54.3 Å². The van der Waals surface area contributed by atoms with Gasteiger partial charge in [-0.15, -0.1) is 0 Å². The standard InChI is InChI=1S/C14H18N2O2/c1-14(2,18)9-15-13(17)11-4-5-12-10(8-11)6-7-16(12)3/h4-8,18H,9H2,1-3H3,(H,15,17). The summed E-state index contributed by atoms with van der Waals surface area (Å²) in [6.07, 6.45) is 1.96. The first-order valence-electron chi connectivity index (χ1n) is 5.92. The molecule has 0 bridgehead atoms. The van der Waals surface area contributed by atoms with Crippen LogP contribution in [-0.4, -0.2) is 27.7 Å². The molecule has 1 amide bonds. The molecule has 0 radical (unpaired) electrons. The molecule has 2 rings (SSSR count). The van der Waals surface area contributed by atoms with E-state index in [1.54, 1.807) is 19.9 Å². The van der Waals surface area contributed by atoms with E-state index >= 15 is 0 Å². The number of fused-ring (bicyclic) bond motifs is 1. The molecule has 0 aliphatic rings. The van der Waals surface area contributed by atoms with Crippen LogP contribution in [0, 0.1) is 0 Å². The lowest BCUT2D eigenvalue weighted by molar-refractivity contribution is 0.0694. The number of hydrogen-bond acceptors (Lipinski definition) is 2. The van der Waals surface area contributed by atoms with Crippen LogP contribution in [0.2, 0.25) is 0 Å². The summed E-state index contributed by atoms with van der Waals surface area (Å²) < 4.78 is 2.01. The number of carbonyl (C=O) groups is 1. The van der Waals surface area contributed by atoms with E-state index in [9.17, 15) is 9.90 Å². The van der Waals surface area contributed by atoms with Crippen LogP contribution in [0.25, 0.3) is 10.9 Å². The molecule has 2 aromatic rings. The predicted octanol–water partition coefficient (Wildman–Crippen LogP) is 1.68. The number of aliphatic hydroxyl groups is 1. The summed E-state index contributed by atoms with van der Waals surface area (Å²) in [5.74, 6) is -0.164. The van der Waals surface area contributed by atoms with Gasteiger partial charge >= 0.3 is 0 Å². The van der Waals surface area contributed by atoms with Gasteiger partial charge in [-0.3, -0.25) is 4.79 Å². The average Bonchev–Trinajstić information content (AvgIpc) is 2.66. The highest BCUT2D eigenvalue weighted by Crippen LogP contribution is 2.16. The summed E-state index contributed by atoms with van der Waals surface area (Å²) >= 11 is 0. The van der Waals surface area contributed by atoms with Gasteiger partial charge in [0.15, 0.2) is 0 Å². The van der Waals surface area contributed by atoms with Crippen LogP contribution in [0.3, 0.4) is 0 Å². The Hall–Kier alpha value is -1.81. The van der Waals surface area contributed by atoms with Crippen LogP contribution < -0.4 is 5.32 Å². The van der Waals surface area contributed by atoms with Crippen molar-refractivity contribution in [3.05, 3.63) is 36.0 Å². The van der Waals surface area contributed by atoms with Crippen molar-refractivity contribution in [1.82, 2.24) is 9.88 Å². The van der Waals surface area contributed by atoms with Gasteiger partial charge in [-0.1, -0.05) is 0 Å². The minimum Gasteiger partial charge on any atom is -0.389 e. The van der Waals surface area contributed by atoms with E-state index in [1.807, 2.05) is 36.0 Å². The highest BCUT2D eigenvalue weighted by atomic mass is 16.3. The van der Waals surface area contributed by atoms with Gasteiger partial charge < -0.3 is 15.0 Å². The summed E-state index contributed by atoms with van der Waals surface area (Å²) in [7, 11) is 1.97. The maximum Gasteiger partial charge on any atom is 0.251 e. The lowest BCUT2D eigenvalue weighted by Crippen LogP contribution is -2.38. The van der Waals surface area contributed by atoms with Crippen molar-refractivity contribution in [3.8, 4) is 0 Å². The number of rotatable bonds is 3. The molecule has 1 aromatic carbocycles. The largest absolute Gasteiger partial charge is 0.389 e. The Morgan fingerprint density at radius 1 is 1.39 bits per heavy atom. The third-order valence-electron chi connectivity index (χ3n) is 2.83. The molecule has 1 heterocycles. The van der Waals surface area contributed by atoms with Crippen molar-refractivity contribution >= 4 is 16.8 Å². The second-order valence-electron chi connectivity index (χ2n) is 5.20. The van der Waals surface area contributed by atoms with Gasteiger partial charge in [-0.25, -0.2) is 0 Å². The Balaban J connectivity index is 2.18. The summed E-state index contributed by atoms with van der Waals surface area (Å²) in [5.41, 5.74) is 0.805. The fourth-order valence-corrected chi connectivity index (χ4v) is 1.82. The molecular weight excluding hydrogens is 228 g/mol. The molecule has 1 aromatic heterocycles. The number of aromatic nitrogens is 1. The van der Waals surface area contributed by atoms with Gasteiger partial charge in [0, 0.05) is 36.3 Å². The maximum atomic E-state index is 11.9. The van der Waals surface area contributed by atoms with Crippen molar-refractivity contribution in [1.29, 1.82) is 0 Å². The van der Waals surface area contributed by atoms with Gasteiger partial charge in [-0.05, 0) is 38.1 Å². The predicted molar refractivity (Wildman–Crippen MR) is 71.6 cm³/mol. The normalized spacial score (nSPS) is 11.8.